The molecule has 0 aromatic rings. The predicted octanol–water partition coefficient (Wildman–Crippen LogP) is 2.51. The summed E-state index contributed by atoms with van der Waals surface area (Å²) in [6.45, 7) is 0. The smallest absolute Gasteiger partial charge is 0.318 e. The van der Waals surface area contributed by atoms with Gasteiger partial charge in [-0.25, -0.2) is 0 Å². The van der Waals surface area contributed by atoms with Gasteiger partial charge in [-0.2, -0.15) is 0 Å². The highest BCUT2D eigenvalue weighted by Crippen LogP contribution is 2.24. The van der Waals surface area contributed by atoms with E-state index < -0.39 is 0 Å². The summed E-state index contributed by atoms with van der Waals surface area (Å²) >= 11 is 0. The van der Waals surface area contributed by atoms with Crippen LogP contribution in [0.5, 0.6) is 0 Å². The molecule has 0 saturated heterocycles. The maximum atomic E-state index is 8.86. The van der Waals surface area contributed by atoms with Crippen LogP contribution < -0.4 is 0 Å². The van der Waals surface area contributed by atoms with Gasteiger partial charge in [0.1, 0.15) is 6.26 Å². The molecule has 0 amide bonds. The van der Waals surface area contributed by atoms with E-state index in [0.29, 0.717) is 5.76 Å². The third-order valence-corrected chi connectivity index (χ3v) is 1.90. The summed E-state index contributed by atoms with van der Waals surface area (Å²) in [6.07, 6.45) is 10.6. The topological polar surface area (TPSA) is 38.7 Å². The van der Waals surface area contributed by atoms with E-state index in [0.717, 1.165) is 18.4 Å². The lowest BCUT2D eigenvalue weighted by molar-refractivity contribution is 0.117. The first-order valence-corrected chi connectivity index (χ1v) is 4.15. The molecule has 0 aromatic heterocycles. The lowest BCUT2D eigenvalue weighted by Gasteiger charge is -2.15. The van der Waals surface area contributed by atoms with E-state index in [1.807, 2.05) is 12.2 Å². The molecule has 1 heterocycles. The Balaban J connectivity index is 2.10. The van der Waals surface area contributed by atoms with Gasteiger partial charge in [0.15, 0.2) is 12.0 Å². The Morgan fingerprint density at radius 1 is 1.23 bits per heavy atom. The second-order valence-electron chi connectivity index (χ2n) is 2.83. The van der Waals surface area contributed by atoms with Crippen LogP contribution in [-0.2, 0) is 9.47 Å². The Labute approximate surface area is 76.3 Å². The summed E-state index contributed by atoms with van der Waals surface area (Å²) in [5, 5.41) is 8.86. The van der Waals surface area contributed by atoms with Crippen LogP contribution in [0.1, 0.15) is 12.8 Å². The van der Waals surface area contributed by atoms with Crippen LogP contribution in [0.2, 0.25) is 0 Å². The minimum Gasteiger partial charge on any atom is -0.478 e. The van der Waals surface area contributed by atoms with E-state index >= 15 is 0 Å². The Kier molecular flexibility index (Phi) is 2.08. The standard InChI is InChI=1S/C10H10O3/c11-10-7-12-9(6-13-10)8-4-2-1-3-5-8/h1-2,4,6-7,11H,3,5H2. The normalized spacial score (nSPS) is 20.8. The molecule has 1 aliphatic heterocycles. The van der Waals surface area contributed by atoms with Gasteiger partial charge < -0.3 is 14.6 Å². The van der Waals surface area contributed by atoms with E-state index in [4.69, 9.17) is 14.6 Å². The van der Waals surface area contributed by atoms with Gasteiger partial charge in [-0.05, 0) is 18.4 Å². The summed E-state index contributed by atoms with van der Waals surface area (Å²) in [5.41, 5.74) is 1.09. The molecule has 0 unspecified atom stereocenters. The average molecular weight is 178 g/mol. The number of aliphatic hydroxyl groups excluding tert-OH is 1. The van der Waals surface area contributed by atoms with Gasteiger partial charge in [-0.3, -0.25) is 0 Å². The SMILES string of the molecule is OC1=COC(C2=CC=CCC2)=CO1. The summed E-state index contributed by atoms with van der Waals surface area (Å²) in [5.74, 6) is 0.456. The zero-order chi connectivity index (χ0) is 9.10. The maximum absolute atomic E-state index is 8.86. The monoisotopic (exact) mass is 178 g/mol. The van der Waals surface area contributed by atoms with Crippen molar-refractivity contribution in [3.05, 3.63) is 48.0 Å². The van der Waals surface area contributed by atoms with Crippen LogP contribution in [0.15, 0.2) is 48.0 Å². The molecule has 13 heavy (non-hydrogen) atoms. The van der Waals surface area contributed by atoms with Crippen LogP contribution in [0.25, 0.3) is 0 Å². The lowest BCUT2D eigenvalue weighted by atomic mass is 10.0. The molecule has 0 radical (unpaired) electrons. The Morgan fingerprint density at radius 3 is 2.77 bits per heavy atom. The first kappa shape index (κ1) is 7.98. The minimum atomic E-state index is -0.212. The molecule has 0 bridgehead atoms. The van der Waals surface area contributed by atoms with E-state index in [9.17, 15) is 0 Å². The van der Waals surface area contributed by atoms with Crippen molar-refractivity contribution in [2.24, 2.45) is 0 Å². The predicted molar refractivity (Wildman–Crippen MR) is 47.4 cm³/mol. The molecule has 68 valence electrons. The zero-order valence-corrected chi connectivity index (χ0v) is 7.06. The summed E-state index contributed by atoms with van der Waals surface area (Å²) in [6, 6.07) is 0. The van der Waals surface area contributed by atoms with E-state index in [-0.39, 0.29) is 5.95 Å². The molecule has 0 aromatic carbocycles. The van der Waals surface area contributed by atoms with Gasteiger partial charge in [0.25, 0.3) is 0 Å². The van der Waals surface area contributed by atoms with E-state index in [1.165, 1.54) is 12.5 Å². The highest BCUT2D eigenvalue weighted by Gasteiger charge is 2.12. The molecular formula is C10H10O3. The first-order valence-electron chi connectivity index (χ1n) is 4.15. The van der Waals surface area contributed by atoms with Crippen molar-refractivity contribution in [2.45, 2.75) is 12.8 Å². The molecule has 3 heteroatoms. The molecule has 2 rings (SSSR count). The number of ether oxygens (including phenoxy) is 2. The van der Waals surface area contributed by atoms with Crippen molar-refractivity contribution >= 4 is 0 Å². The molecule has 1 N–H and O–H groups in total. The number of allylic oxidation sites excluding steroid dienone is 4. The average Bonchev–Trinajstić information content (AvgIpc) is 2.20. The summed E-state index contributed by atoms with van der Waals surface area (Å²) in [4.78, 5) is 0. The van der Waals surface area contributed by atoms with E-state index in [2.05, 4.69) is 6.08 Å². The first-order chi connectivity index (χ1) is 6.36. The molecule has 2 aliphatic rings. The van der Waals surface area contributed by atoms with Crippen molar-refractivity contribution in [1.82, 2.24) is 0 Å². The number of rotatable bonds is 1. The van der Waals surface area contributed by atoms with Gasteiger partial charge in [-0.15, -0.1) is 0 Å². The van der Waals surface area contributed by atoms with Gasteiger partial charge >= 0.3 is 5.95 Å². The molecule has 0 atom stereocenters. The fourth-order valence-corrected chi connectivity index (χ4v) is 1.24. The molecule has 3 nitrogen and oxygen atoms in total. The third kappa shape index (κ3) is 1.75. The zero-order valence-electron chi connectivity index (χ0n) is 7.06. The van der Waals surface area contributed by atoms with Crippen molar-refractivity contribution < 1.29 is 14.6 Å². The highest BCUT2D eigenvalue weighted by atomic mass is 16.6. The number of hydrogen-bond donors (Lipinski definition) is 1. The third-order valence-electron chi connectivity index (χ3n) is 1.90. The largest absolute Gasteiger partial charge is 0.478 e. The molecular weight excluding hydrogens is 168 g/mol. The highest BCUT2D eigenvalue weighted by molar-refractivity contribution is 5.32. The molecule has 1 aliphatic carbocycles. The Morgan fingerprint density at radius 2 is 2.15 bits per heavy atom. The van der Waals surface area contributed by atoms with Gasteiger partial charge in [0, 0.05) is 0 Å². The van der Waals surface area contributed by atoms with Crippen LogP contribution in [0.4, 0.5) is 0 Å². The number of aliphatic hydroxyl groups is 1. The Hall–Kier alpha value is -1.64. The Bertz CT molecular complexity index is 321. The summed E-state index contributed by atoms with van der Waals surface area (Å²) < 4.78 is 9.96. The van der Waals surface area contributed by atoms with Crippen molar-refractivity contribution in [2.75, 3.05) is 0 Å². The fraction of sp³-hybridized carbons (Fsp3) is 0.200. The van der Waals surface area contributed by atoms with Crippen LogP contribution in [-0.4, -0.2) is 5.11 Å². The lowest BCUT2D eigenvalue weighted by Crippen LogP contribution is -2.01. The van der Waals surface area contributed by atoms with Crippen molar-refractivity contribution in [3.63, 3.8) is 0 Å². The molecule has 0 spiro atoms. The van der Waals surface area contributed by atoms with Crippen LogP contribution >= 0.6 is 0 Å². The van der Waals surface area contributed by atoms with Crippen molar-refractivity contribution in [3.8, 4) is 0 Å². The van der Waals surface area contributed by atoms with Gasteiger partial charge in [0.05, 0.1) is 0 Å². The molecule has 0 fully saturated rings. The number of hydrogen-bond acceptors (Lipinski definition) is 3. The quantitative estimate of drug-likeness (QED) is 0.670. The fourth-order valence-electron chi connectivity index (χ4n) is 1.24. The summed E-state index contributed by atoms with van der Waals surface area (Å²) in [7, 11) is 0. The molecule has 0 saturated carbocycles. The van der Waals surface area contributed by atoms with Crippen molar-refractivity contribution in [1.29, 1.82) is 0 Å². The second kappa shape index (κ2) is 3.39. The minimum absolute atomic E-state index is 0.212. The van der Waals surface area contributed by atoms with Crippen LogP contribution in [0, 0.1) is 0 Å². The maximum Gasteiger partial charge on any atom is 0.318 e. The van der Waals surface area contributed by atoms with E-state index in [1.54, 1.807) is 0 Å². The second-order valence-corrected chi connectivity index (χ2v) is 2.83. The van der Waals surface area contributed by atoms with Gasteiger partial charge in [0.2, 0.25) is 0 Å². The van der Waals surface area contributed by atoms with Gasteiger partial charge in [-0.1, -0.05) is 18.2 Å². The van der Waals surface area contributed by atoms with Crippen LogP contribution in [0.3, 0.4) is 0 Å².